The van der Waals surface area contributed by atoms with Crippen molar-refractivity contribution in [2.45, 2.75) is 32.7 Å². The third kappa shape index (κ3) is 3.94. The molecule has 1 unspecified atom stereocenters. The van der Waals surface area contributed by atoms with Gasteiger partial charge in [0.05, 0.1) is 12.7 Å². The monoisotopic (exact) mass is 306 g/mol. The maximum Gasteiger partial charge on any atom is 0.222 e. The molecular weight excluding hydrogens is 284 g/mol. The van der Waals surface area contributed by atoms with Crippen molar-refractivity contribution in [3.63, 3.8) is 0 Å². The summed E-state index contributed by atoms with van der Waals surface area (Å²) in [6.45, 7) is 3.62. The molecule has 1 saturated heterocycles. The number of hydrogen-bond donors (Lipinski definition) is 1. The van der Waals surface area contributed by atoms with Crippen molar-refractivity contribution in [2.75, 3.05) is 13.7 Å². The Bertz CT molecular complexity index is 545. The quantitative estimate of drug-likeness (QED) is 0.868. The van der Waals surface area contributed by atoms with Crippen LogP contribution in [0.15, 0.2) is 18.2 Å². The van der Waals surface area contributed by atoms with Gasteiger partial charge in [-0.25, -0.2) is 0 Å². The van der Waals surface area contributed by atoms with Crippen LogP contribution >= 0.6 is 12.2 Å². The summed E-state index contributed by atoms with van der Waals surface area (Å²) < 4.78 is 5.26. The van der Waals surface area contributed by atoms with E-state index in [4.69, 9.17) is 22.7 Å². The van der Waals surface area contributed by atoms with Gasteiger partial charge in [0.1, 0.15) is 10.7 Å². The molecule has 1 aliphatic rings. The second-order valence-corrected chi connectivity index (χ2v) is 6.09. The van der Waals surface area contributed by atoms with E-state index in [2.05, 4.69) is 6.92 Å². The molecule has 4 nitrogen and oxygen atoms in total. The Morgan fingerprint density at radius 1 is 1.48 bits per heavy atom. The minimum absolute atomic E-state index is 0.229. The standard InChI is InChI=1S/C16H22N2O2S/c1-11-3-6-15(19)18(8-7-11)10-12-4-5-14(20-2)13(9-12)16(17)21/h4-5,9,11H,3,6-8,10H2,1-2H3,(H2,17,21). The lowest BCUT2D eigenvalue weighted by atomic mass is 10.0. The molecule has 1 amide bonds. The molecule has 0 spiro atoms. The third-order valence-corrected chi connectivity index (χ3v) is 4.22. The summed E-state index contributed by atoms with van der Waals surface area (Å²) in [6, 6.07) is 5.74. The molecule has 0 saturated carbocycles. The fourth-order valence-electron chi connectivity index (χ4n) is 2.61. The van der Waals surface area contributed by atoms with Crippen molar-refractivity contribution in [3.05, 3.63) is 29.3 Å². The Labute approximate surface area is 131 Å². The van der Waals surface area contributed by atoms with Crippen LogP contribution in [0.25, 0.3) is 0 Å². The molecule has 0 aliphatic carbocycles. The number of ether oxygens (including phenoxy) is 1. The van der Waals surface area contributed by atoms with Crippen molar-refractivity contribution in [1.82, 2.24) is 4.90 Å². The largest absolute Gasteiger partial charge is 0.496 e. The van der Waals surface area contributed by atoms with E-state index in [1.54, 1.807) is 7.11 Å². The van der Waals surface area contributed by atoms with Gasteiger partial charge in [-0.05, 0) is 36.5 Å². The predicted molar refractivity (Wildman–Crippen MR) is 87.3 cm³/mol. The van der Waals surface area contributed by atoms with Gasteiger partial charge in [0.15, 0.2) is 0 Å². The molecule has 2 rings (SSSR count). The molecule has 114 valence electrons. The fourth-order valence-corrected chi connectivity index (χ4v) is 2.77. The van der Waals surface area contributed by atoms with E-state index in [1.807, 2.05) is 23.1 Å². The van der Waals surface area contributed by atoms with Crippen LogP contribution in [0.4, 0.5) is 0 Å². The van der Waals surface area contributed by atoms with E-state index < -0.39 is 0 Å². The topological polar surface area (TPSA) is 55.6 Å². The number of rotatable bonds is 4. The minimum Gasteiger partial charge on any atom is -0.496 e. The lowest BCUT2D eigenvalue weighted by Gasteiger charge is -2.21. The van der Waals surface area contributed by atoms with E-state index in [9.17, 15) is 4.79 Å². The highest BCUT2D eigenvalue weighted by atomic mass is 32.1. The van der Waals surface area contributed by atoms with Crippen LogP contribution in [0.3, 0.4) is 0 Å². The first kappa shape index (κ1) is 15.8. The second-order valence-electron chi connectivity index (χ2n) is 5.65. The highest BCUT2D eigenvalue weighted by Gasteiger charge is 2.20. The van der Waals surface area contributed by atoms with Crippen LogP contribution in [-0.2, 0) is 11.3 Å². The van der Waals surface area contributed by atoms with Gasteiger partial charge in [-0.2, -0.15) is 0 Å². The number of thiocarbonyl (C=S) groups is 1. The molecule has 0 radical (unpaired) electrons. The van der Waals surface area contributed by atoms with Crippen molar-refractivity contribution in [2.24, 2.45) is 11.7 Å². The second kappa shape index (κ2) is 6.89. The number of nitrogens with two attached hydrogens (primary N) is 1. The van der Waals surface area contributed by atoms with E-state index in [-0.39, 0.29) is 5.91 Å². The summed E-state index contributed by atoms with van der Waals surface area (Å²) in [5.74, 6) is 1.51. The van der Waals surface area contributed by atoms with Crippen LogP contribution in [0.2, 0.25) is 0 Å². The van der Waals surface area contributed by atoms with Crippen molar-refractivity contribution < 1.29 is 9.53 Å². The van der Waals surface area contributed by atoms with Gasteiger partial charge in [0.25, 0.3) is 0 Å². The molecular formula is C16H22N2O2S. The number of likely N-dealkylation sites (tertiary alicyclic amines) is 1. The van der Waals surface area contributed by atoms with E-state index >= 15 is 0 Å². The molecule has 0 aromatic heterocycles. The number of carbonyl (C=O) groups excluding carboxylic acids is 1. The molecule has 1 aromatic rings. The van der Waals surface area contributed by atoms with Crippen molar-refractivity contribution in [3.8, 4) is 5.75 Å². The highest BCUT2D eigenvalue weighted by Crippen LogP contribution is 2.23. The van der Waals surface area contributed by atoms with Crippen molar-refractivity contribution in [1.29, 1.82) is 0 Å². The van der Waals surface area contributed by atoms with E-state index in [0.717, 1.165) is 30.5 Å². The van der Waals surface area contributed by atoms with Crippen molar-refractivity contribution >= 4 is 23.1 Å². The Balaban J connectivity index is 2.17. The van der Waals surface area contributed by atoms with Gasteiger partial charge < -0.3 is 15.4 Å². The Hall–Kier alpha value is -1.62. The average Bonchev–Trinajstić information content (AvgIpc) is 2.62. The Morgan fingerprint density at radius 2 is 2.24 bits per heavy atom. The first-order valence-electron chi connectivity index (χ1n) is 7.25. The summed E-state index contributed by atoms with van der Waals surface area (Å²) in [5.41, 5.74) is 7.49. The maximum atomic E-state index is 12.2. The maximum absolute atomic E-state index is 12.2. The minimum atomic E-state index is 0.229. The normalized spacial score (nSPS) is 19.2. The average molecular weight is 306 g/mol. The molecule has 21 heavy (non-hydrogen) atoms. The highest BCUT2D eigenvalue weighted by molar-refractivity contribution is 7.80. The molecule has 1 atom stereocenters. The van der Waals surface area contributed by atoms with Gasteiger partial charge in [0, 0.05) is 19.5 Å². The van der Waals surface area contributed by atoms with Crippen LogP contribution < -0.4 is 10.5 Å². The predicted octanol–water partition coefficient (Wildman–Crippen LogP) is 2.48. The summed E-state index contributed by atoms with van der Waals surface area (Å²) in [4.78, 5) is 14.4. The number of carbonyl (C=O) groups is 1. The summed E-state index contributed by atoms with van der Waals surface area (Å²) in [6.07, 6.45) is 2.68. The molecule has 0 bridgehead atoms. The number of benzene rings is 1. The molecule has 2 N–H and O–H groups in total. The first-order valence-corrected chi connectivity index (χ1v) is 7.66. The van der Waals surface area contributed by atoms with E-state index in [1.165, 1.54) is 0 Å². The summed E-state index contributed by atoms with van der Waals surface area (Å²) >= 11 is 5.06. The number of hydrogen-bond acceptors (Lipinski definition) is 3. The Morgan fingerprint density at radius 3 is 2.90 bits per heavy atom. The van der Waals surface area contributed by atoms with Gasteiger partial charge in [-0.15, -0.1) is 0 Å². The lowest BCUT2D eigenvalue weighted by Crippen LogP contribution is -2.29. The smallest absolute Gasteiger partial charge is 0.222 e. The lowest BCUT2D eigenvalue weighted by molar-refractivity contribution is -0.131. The summed E-state index contributed by atoms with van der Waals surface area (Å²) in [5, 5.41) is 0. The molecule has 1 heterocycles. The van der Waals surface area contributed by atoms with Gasteiger partial charge in [-0.3, -0.25) is 4.79 Å². The van der Waals surface area contributed by atoms with E-state index in [0.29, 0.717) is 29.6 Å². The first-order chi connectivity index (χ1) is 10.0. The molecule has 1 aromatic carbocycles. The summed E-state index contributed by atoms with van der Waals surface area (Å²) in [7, 11) is 1.59. The number of nitrogens with zero attached hydrogens (tertiary/aromatic N) is 1. The van der Waals surface area contributed by atoms with Crippen LogP contribution in [0.1, 0.15) is 37.3 Å². The van der Waals surface area contributed by atoms with Crippen LogP contribution in [-0.4, -0.2) is 29.5 Å². The zero-order chi connectivity index (χ0) is 15.4. The van der Waals surface area contributed by atoms with Gasteiger partial charge in [0.2, 0.25) is 5.91 Å². The van der Waals surface area contributed by atoms with Crippen LogP contribution in [0.5, 0.6) is 5.75 Å². The molecule has 1 aliphatic heterocycles. The molecule has 1 fully saturated rings. The van der Waals surface area contributed by atoms with Crippen LogP contribution in [0, 0.1) is 5.92 Å². The third-order valence-electron chi connectivity index (χ3n) is 4.00. The zero-order valence-electron chi connectivity index (χ0n) is 12.6. The zero-order valence-corrected chi connectivity index (χ0v) is 13.4. The van der Waals surface area contributed by atoms with Gasteiger partial charge >= 0.3 is 0 Å². The Kier molecular flexibility index (Phi) is 5.17. The van der Waals surface area contributed by atoms with Gasteiger partial charge in [-0.1, -0.05) is 25.2 Å². The SMILES string of the molecule is COc1ccc(CN2CCC(C)CCC2=O)cc1C(N)=S. The number of methoxy groups -OCH3 is 1. The number of amides is 1. The molecule has 5 heteroatoms. The fraction of sp³-hybridized carbons (Fsp3) is 0.500.